The average molecular weight is 320 g/mol. The summed E-state index contributed by atoms with van der Waals surface area (Å²) in [6.45, 7) is 2.09. The first-order valence-corrected chi connectivity index (χ1v) is 8.78. The second-order valence-electron chi connectivity index (χ2n) is 6.34. The second kappa shape index (κ2) is 9.02. The van der Waals surface area contributed by atoms with Crippen molar-refractivity contribution in [1.82, 2.24) is 0 Å². The van der Waals surface area contributed by atoms with Crippen LogP contribution in [0.5, 0.6) is 0 Å². The number of ketones is 1. The minimum absolute atomic E-state index is 0.0446. The summed E-state index contributed by atoms with van der Waals surface area (Å²) in [5, 5.41) is 0. The number of carbonyl (C=O) groups is 2. The van der Waals surface area contributed by atoms with Gasteiger partial charge in [0.25, 0.3) is 0 Å². The van der Waals surface area contributed by atoms with Crippen LogP contribution in [0.25, 0.3) is 0 Å². The summed E-state index contributed by atoms with van der Waals surface area (Å²) in [4.78, 5) is 23.3. The first-order chi connectivity index (χ1) is 11.2. The van der Waals surface area contributed by atoms with E-state index in [2.05, 4.69) is 19.1 Å². The van der Waals surface area contributed by atoms with Gasteiger partial charge in [0.2, 0.25) is 0 Å². The van der Waals surface area contributed by atoms with Gasteiger partial charge in [-0.3, -0.25) is 9.59 Å². The number of Topliss-reactive ketones (excluding diaryl/α,β-unsaturated/α-hetero) is 1. The molecule has 0 unspecified atom stereocenters. The highest BCUT2D eigenvalue weighted by Gasteiger charge is 2.31. The van der Waals surface area contributed by atoms with Crippen LogP contribution in [0.15, 0.2) is 23.3 Å². The van der Waals surface area contributed by atoms with E-state index in [1.165, 1.54) is 5.57 Å². The van der Waals surface area contributed by atoms with E-state index in [9.17, 15) is 9.59 Å². The highest BCUT2D eigenvalue weighted by atomic mass is 16.5. The van der Waals surface area contributed by atoms with Crippen molar-refractivity contribution in [2.45, 2.75) is 76.9 Å². The van der Waals surface area contributed by atoms with E-state index < -0.39 is 0 Å². The molecule has 128 valence electrons. The molecule has 1 heterocycles. The Kier molecular flexibility index (Phi) is 7.03. The van der Waals surface area contributed by atoms with Gasteiger partial charge in [0.05, 0.1) is 6.10 Å². The normalized spacial score (nSPS) is 25.0. The second-order valence-corrected chi connectivity index (χ2v) is 6.34. The fourth-order valence-corrected chi connectivity index (χ4v) is 3.41. The molecular formula is C19H28O4. The Labute approximate surface area is 138 Å². The molecule has 2 aliphatic rings. The summed E-state index contributed by atoms with van der Waals surface area (Å²) >= 11 is 0. The fourth-order valence-electron chi connectivity index (χ4n) is 3.41. The van der Waals surface area contributed by atoms with Crippen LogP contribution in [0, 0.1) is 0 Å². The number of ether oxygens (including phenoxy) is 2. The quantitative estimate of drug-likeness (QED) is 0.367. The number of methoxy groups -OCH3 is 1. The number of unbranched alkanes of at least 4 members (excludes halogenated alkanes) is 1. The van der Waals surface area contributed by atoms with Crippen LogP contribution in [-0.4, -0.2) is 31.1 Å². The van der Waals surface area contributed by atoms with E-state index >= 15 is 0 Å². The van der Waals surface area contributed by atoms with Gasteiger partial charge in [0, 0.05) is 25.5 Å². The summed E-state index contributed by atoms with van der Waals surface area (Å²) in [7, 11) is 1.68. The van der Waals surface area contributed by atoms with Gasteiger partial charge in [-0.2, -0.15) is 0 Å². The van der Waals surface area contributed by atoms with Gasteiger partial charge in [0.15, 0.2) is 5.78 Å². The lowest BCUT2D eigenvalue weighted by Gasteiger charge is -2.14. The molecule has 4 heteroatoms. The van der Waals surface area contributed by atoms with Crippen molar-refractivity contribution < 1.29 is 19.1 Å². The minimum atomic E-state index is -0.0662. The maximum absolute atomic E-state index is 12.2. The van der Waals surface area contributed by atoms with Crippen molar-refractivity contribution in [3.63, 3.8) is 0 Å². The molecule has 1 saturated heterocycles. The maximum Gasteiger partial charge on any atom is 0.306 e. The lowest BCUT2D eigenvalue weighted by Crippen LogP contribution is -2.11. The lowest BCUT2D eigenvalue weighted by molar-refractivity contribution is -0.141. The Morgan fingerprint density at radius 2 is 2.09 bits per heavy atom. The van der Waals surface area contributed by atoms with Crippen molar-refractivity contribution in [2.75, 3.05) is 7.11 Å². The van der Waals surface area contributed by atoms with Gasteiger partial charge in [-0.25, -0.2) is 0 Å². The zero-order valence-electron chi connectivity index (χ0n) is 14.3. The van der Waals surface area contributed by atoms with E-state index in [0.717, 1.165) is 50.5 Å². The molecule has 0 bridgehead atoms. The molecule has 0 spiro atoms. The Hall–Kier alpha value is -1.42. The molecule has 23 heavy (non-hydrogen) atoms. The van der Waals surface area contributed by atoms with E-state index in [-0.39, 0.29) is 24.0 Å². The fraction of sp³-hybridized carbons (Fsp3) is 0.684. The van der Waals surface area contributed by atoms with Gasteiger partial charge in [-0.05, 0) is 50.5 Å². The number of carbonyl (C=O) groups excluding carboxylic acids is 2. The van der Waals surface area contributed by atoms with Crippen molar-refractivity contribution in [1.29, 1.82) is 0 Å². The number of esters is 1. The summed E-state index contributed by atoms with van der Waals surface area (Å²) in [5.41, 5.74) is 2.13. The highest BCUT2D eigenvalue weighted by Crippen LogP contribution is 2.32. The molecule has 0 aromatic heterocycles. The van der Waals surface area contributed by atoms with Crippen LogP contribution in [0.4, 0.5) is 0 Å². The zero-order chi connectivity index (χ0) is 16.7. The molecule has 1 aliphatic carbocycles. The predicted octanol–water partition coefficient (Wildman–Crippen LogP) is 3.89. The first kappa shape index (κ1) is 17.9. The molecule has 0 aromatic rings. The van der Waals surface area contributed by atoms with Crippen molar-refractivity contribution >= 4 is 11.8 Å². The maximum atomic E-state index is 12.2. The van der Waals surface area contributed by atoms with Crippen LogP contribution in [0.1, 0.15) is 64.7 Å². The van der Waals surface area contributed by atoms with E-state index in [0.29, 0.717) is 12.8 Å². The van der Waals surface area contributed by atoms with Crippen molar-refractivity contribution in [3.05, 3.63) is 23.3 Å². The largest absolute Gasteiger partial charge is 0.462 e. The number of hydrogen-bond acceptors (Lipinski definition) is 4. The third kappa shape index (κ3) is 5.03. The highest BCUT2D eigenvalue weighted by molar-refractivity contribution is 5.99. The third-order valence-corrected chi connectivity index (χ3v) is 4.68. The zero-order valence-corrected chi connectivity index (χ0v) is 14.3. The smallest absolute Gasteiger partial charge is 0.306 e. The molecule has 0 N–H and O–H groups in total. The molecular weight excluding hydrogens is 292 g/mol. The van der Waals surface area contributed by atoms with Crippen LogP contribution in [0.2, 0.25) is 0 Å². The minimum Gasteiger partial charge on any atom is -0.462 e. The molecule has 2 atom stereocenters. The standard InChI is InChI=1S/C19H28O4/c1-3-4-5-9-15-16(18(22-2)13-17(15)20)10-7-6-8-14-11-12-19(21)23-14/h4-5,14,18H,3,6-13H2,1-2H3/b5-4-/t14-,18-/m0/s1. The lowest BCUT2D eigenvalue weighted by atomic mass is 9.99. The Morgan fingerprint density at radius 1 is 1.26 bits per heavy atom. The number of cyclic esters (lactones) is 1. The summed E-state index contributed by atoms with van der Waals surface area (Å²) < 4.78 is 10.7. The number of hydrogen-bond donors (Lipinski definition) is 0. The molecule has 0 saturated carbocycles. The van der Waals surface area contributed by atoms with Crippen molar-refractivity contribution in [2.24, 2.45) is 0 Å². The summed E-state index contributed by atoms with van der Waals surface area (Å²) in [5.74, 6) is 0.167. The van der Waals surface area contributed by atoms with Crippen molar-refractivity contribution in [3.8, 4) is 0 Å². The van der Waals surface area contributed by atoms with Gasteiger partial charge in [-0.1, -0.05) is 19.1 Å². The first-order valence-electron chi connectivity index (χ1n) is 8.78. The van der Waals surface area contributed by atoms with Gasteiger partial charge in [-0.15, -0.1) is 0 Å². The SMILES string of the molecule is CC/C=C\CC1=C(CCCC[C@H]2CCC(=O)O2)[C@@H](OC)CC1=O. The molecule has 0 aromatic carbocycles. The van der Waals surface area contributed by atoms with E-state index in [1.54, 1.807) is 7.11 Å². The summed E-state index contributed by atoms with van der Waals surface area (Å²) in [6, 6.07) is 0. The Morgan fingerprint density at radius 3 is 2.74 bits per heavy atom. The topological polar surface area (TPSA) is 52.6 Å². The summed E-state index contributed by atoms with van der Waals surface area (Å²) in [6.07, 6.45) is 11.7. The number of rotatable bonds is 9. The van der Waals surface area contributed by atoms with Crippen LogP contribution >= 0.6 is 0 Å². The van der Waals surface area contributed by atoms with Crippen LogP contribution in [-0.2, 0) is 19.1 Å². The third-order valence-electron chi connectivity index (χ3n) is 4.68. The molecule has 1 fully saturated rings. The van der Waals surface area contributed by atoms with Gasteiger partial charge >= 0.3 is 5.97 Å². The molecule has 4 nitrogen and oxygen atoms in total. The predicted molar refractivity (Wildman–Crippen MR) is 89.1 cm³/mol. The van der Waals surface area contributed by atoms with Crippen LogP contribution < -0.4 is 0 Å². The molecule has 0 radical (unpaired) electrons. The average Bonchev–Trinajstić information content (AvgIpc) is 3.08. The van der Waals surface area contributed by atoms with Gasteiger partial charge in [0.1, 0.15) is 6.10 Å². The Bertz CT molecular complexity index is 490. The van der Waals surface area contributed by atoms with E-state index in [1.807, 2.05) is 0 Å². The van der Waals surface area contributed by atoms with E-state index in [4.69, 9.17) is 9.47 Å². The van der Waals surface area contributed by atoms with Crippen LogP contribution in [0.3, 0.4) is 0 Å². The molecule has 2 rings (SSSR count). The number of allylic oxidation sites excluding steroid dienone is 3. The monoisotopic (exact) mass is 320 g/mol. The molecule has 1 aliphatic heterocycles. The molecule has 0 amide bonds. The van der Waals surface area contributed by atoms with Gasteiger partial charge < -0.3 is 9.47 Å². The Balaban J connectivity index is 1.86.